The summed E-state index contributed by atoms with van der Waals surface area (Å²) in [5.74, 6) is -0.0549. The zero-order valence-electron chi connectivity index (χ0n) is 11.2. The summed E-state index contributed by atoms with van der Waals surface area (Å²) in [5.41, 5.74) is 2.82. The summed E-state index contributed by atoms with van der Waals surface area (Å²) < 4.78 is 0.872. The number of amides is 1. The first-order valence-electron chi connectivity index (χ1n) is 6.58. The van der Waals surface area contributed by atoms with Gasteiger partial charge in [0.2, 0.25) is 0 Å². The summed E-state index contributed by atoms with van der Waals surface area (Å²) in [6.45, 7) is 0.502. The summed E-state index contributed by atoms with van der Waals surface area (Å²) in [5, 5.41) is 12.4. The van der Waals surface area contributed by atoms with Gasteiger partial charge in [-0.05, 0) is 24.3 Å². The maximum absolute atomic E-state index is 12.7. The summed E-state index contributed by atoms with van der Waals surface area (Å²) in [7, 11) is 0. The van der Waals surface area contributed by atoms with Gasteiger partial charge < -0.3 is 10.1 Å². The highest BCUT2D eigenvalue weighted by Crippen LogP contribution is 2.29. The molecule has 5 heteroatoms. The Morgan fingerprint density at radius 1 is 1.19 bits per heavy atom. The van der Waals surface area contributed by atoms with Crippen LogP contribution < -0.4 is 4.90 Å². The van der Waals surface area contributed by atoms with Gasteiger partial charge in [-0.1, -0.05) is 45.4 Å². The molecule has 21 heavy (non-hydrogen) atoms. The minimum absolute atomic E-state index is 0.0549. The molecule has 0 spiro atoms. The van der Waals surface area contributed by atoms with Crippen molar-refractivity contribution in [2.75, 3.05) is 11.4 Å². The predicted octanol–water partition coefficient (Wildman–Crippen LogP) is 3.68. The molecule has 0 atom stereocenters. The van der Waals surface area contributed by atoms with E-state index in [0.29, 0.717) is 24.2 Å². The van der Waals surface area contributed by atoms with Crippen molar-refractivity contribution in [2.24, 2.45) is 5.16 Å². The number of hydrogen-bond acceptors (Lipinski definition) is 3. The molecule has 0 aromatic heterocycles. The Bertz CT molecular complexity index is 728. The fraction of sp³-hybridized carbons (Fsp3) is 0.125. The lowest BCUT2D eigenvalue weighted by molar-refractivity contribution is 0.0987. The Balaban J connectivity index is 2.02. The van der Waals surface area contributed by atoms with Crippen LogP contribution in [0.1, 0.15) is 22.3 Å². The molecular formula is C16H13BrN2O2. The molecule has 106 valence electrons. The lowest BCUT2D eigenvalue weighted by atomic mass is 9.99. The number of oxime groups is 1. The zero-order chi connectivity index (χ0) is 14.8. The van der Waals surface area contributed by atoms with Crippen LogP contribution in [0.5, 0.6) is 0 Å². The molecule has 0 radical (unpaired) electrons. The average molecular weight is 345 g/mol. The number of hydrogen-bond donors (Lipinski definition) is 1. The standard InChI is InChI=1S/C16H13BrN2O2/c17-12-5-3-4-11(10-12)16(20)19-9-8-14(18-21)13-6-1-2-7-15(13)19/h1-7,10,21H,8-9H2. The molecule has 0 bridgehead atoms. The van der Waals surface area contributed by atoms with Gasteiger partial charge in [-0.3, -0.25) is 4.79 Å². The van der Waals surface area contributed by atoms with Crippen molar-refractivity contribution >= 4 is 33.2 Å². The SMILES string of the molecule is O=C(c1cccc(Br)c1)N1CCC(=NO)c2ccccc21. The largest absolute Gasteiger partial charge is 0.411 e. The fourth-order valence-electron chi connectivity index (χ4n) is 2.52. The van der Waals surface area contributed by atoms with Crippen LogP contribution in [0.3, 0.4) is 0 Å². The van der Waals surface area contributed by atoms with Gasteiger partial charge in [0.15, 0.2) is 0 Å². The third kappa shape index (κ3) is 2.56. The number of benzene rings is 2. The van der Waals surface area contributed by atoms with Crippen LogP contribution in [0, 0.1) is 0 Å². The number of carbonyl (C=O) groups excluding carboxylic acids is 1. The van der Waals surface area contributed by atoms with E-state index in [2.05, 4.69) is 21.1 Å². The Morgan fingerprint density at radius 2 is 2.00 bits per heavy atom. The second-order valence-corrected chi connectivity index (χ2v) is 5.70. The predicted molar refractivity (Wildman–Crippen MR) is 85.2 cm³/mol. The molecular weight excluding hydrogens is 332 g/mol. The highest BCUT2D eigenvalue weighted by atomic mass is 79.9. The Kier molecular flexibility index (Phi) is 3.75. The van der Waals surface area contributed by atoms with E-state index in [1.165, 1.54) is 0 Å². The van der Waals surface area contributed by atoms with Crippen molar-refractivity contribution in [2.45, 2.75) is 6.42 Å². The van der Waals surface area contributed by atoms with Gasteiger partial charge in [-0.25, -0.2) is 0 Å². The molecule has 0 saturated carbocycles. The first-order valence-corrected chi connectivity index (χ1v) is 7.38. The number of halogens is 1. The van der Waals surface area contributed by atoms with Crippen molar-refractivity contribution in [3.63, 3.8) is 0 Å². The fourth-order valence-corrected chi connectivity index (χ4v) is 2.92. The van der Waals surface area contributed by atoms with Crippen molar-refractivity contribution in [3.8, 4) is 0 Å². The van der Waals surface area contributed by atoms with Crippen LogP contribution >= 0.6 is 15.9 Å². The van der Waals surface area contributed by atoms with Gasteiger partial charge in [0, 0.05) is 28.6 Å². The molecule has 1 heterocycles. The molecule has 0 unspecified atom stereocenters. The van der Waals surface area contributed by atoms with E-state index in [0.717, 1.165) is 15.7 Å². The maximum atomic E-state index is 12.7. The quantitative estimate of drug-likeness (QED) is 0.633. The Hall–Kier alpha value is -2.14. The van der Waals surface area contributed by atoms with Crippen LogP contribution in [0.2, 0.25) is 0 Å². The Labute approximate surface area is 130 Å². The van der Waals surface area contributed by atoms with Crippen LogP contribution in [-0.4, -0.2) is 23.4 Å². The summed E-state index contributed by atoms with van der Waals surface area (Å²) >= 11 is 3.38. The van der Waals surface area contributed by atoms with E-state index in [9.17, 15) is 4.79 Å². The molecule has 2 aromatic carbocycles. The molecule has 1 N–H and O–H groups in total. The lowest BCUT2D eigenvalue weighted by Crippen LogP contribution is -2.37. The number of fused-ring (bicyclic) bond motifs is 1. The van der Waals surface area contributed by atoms with Gasteiger partial charge in [-0.15, -0.1) is 0 Å². The third-order valence-corrected chi connectivity index (χ3v) is 4.01. The zero-order valence-corrected chi connectivity index (χ0v) is 12.7. The van der Waals surface area contributed by atoms with E-state index < -0.39 is 0 Å². The normalized spacial score (nSPS) is 15.9. The number of para-hydroxylation sites is 1. The minimum atomic E-state index is -0.0549. The second kappa shape index (κ2) is 5.69. The first-order chi connectivity index (χ1) is 10.2. The summed E-state index contributed by atoms with van der Waals surface area (Å²) in [6.07, 6.45) is 0.535. The number of anilines is 1. The summed E-state index contributed by atoms with van der Waals surface area (Å²) in [4.78, 5) is 14.4. The molecule has 3 rings (SSSR count). The lowest BCUT2D eigenvalue weighted by Gasteiger charge is -2.29. The number of rotatable bonds is 1. The maximum Gasteiger partial charge on any atom is 0.258 e. The molecule has 4 nitrogen and oxygen atoms in total. The highest BCUT2D eigenvalue weighted by Gasteiger charge is 2.26. The number of nitrogens with zero attached hydrogens (tertiary/aromatic N) is 2. The summed E-state index contributed by atoms with van der Waals surface area (Å²) in [6, 6.07) is 14.8. The highest BCUT2D eigenvalue weighted by molar-refractivity contribution is 9.10. The van der Waals surface area contributed by atoms with E-state index >= 15 is 0 Å². The van der Waals surface area contributed by atoms with Crippen molar-refractivity contribution in [1.82, 2.24) is 0 Å². The van der Waals surface area contributed by atoms with Crippen molar-refractivity contribution in [1.29, 1.82) is 0 Å². The van der Waals surface area contributed by atoms with E-state index in [-0.39, 0.29) is 5.91 Å². The number of carbonyl (C=O) groups is 1. The molecule has 0 fully saturated rings. The van der Waals surface area contributed by atoms with Gasteiger partial charge >= 0.3 is 0 Å². The van der Waals surface area contributed by atoms with Crippen LogP contribution in [0.4, 0.5) is 5.69 Å². The molecule has 1 aliphatic rings. The molecule has 1 amide bonds. The average Bonchev–Trinajstić information content (AvgIpc) is 2.53. The van der Waals surface area contributed by atoms with Crippen molar-refractivity contribution in [3.05, 3.63) is 64.1 Å². The van der Waals surface area contributed by atoms with Crippen LogP contribution in [0.25, 0.3) is 0 Å². The van der Waals surface area contributed by atoms with E-state index in [1.54, 1.807) is 17.0 Å². The van der Waals surface area contributed by atoms with Crippen LogP contribution in [0.15, 0.2) is 58.2 Å². The van der Waals surface area contributed by atoms with Gasteiger partial charge in [0.25, 0.3) is 5.91 Å². The van der Waals surface area contributed by atoms with Gasteiger partial charge in [0.1, 0.15) is 0 Å². The first kappa shape index (κ1) is 13.8. The van der Waals surface area contributed by atoms with E-state index in [4.69, 9.17) is 5.21 Å². The van der Waals surface area contributed by atoms with E-state index in [1.807, 2.05) is 36.4 Å². The van der Waals surface area contributed by atoms with Crippen molar-refractivity contribution < 1.29 is 10.0 Å². The van der Waals surface area contributed by atoms with Gasteiger partial charge in [0.05, 0.1) is 11.4 Å². The second-order valence-electron chi connectivity index (χ2n) is 4.78. The molecule has 1 aliphatic heterocycles. The molecule has 0 aliphatic carbocycles. The molecule has 0 saturated heterocycles. The third-order valence-electron chi connectivity index (χ3n) is 3.52. The minimum Gasteiger partial charge on any atom is -0.411 e. The Morgan fingerprint density at radius 3 is 2.76 bits per heavy atom. The van der Waals surface area contributed by atoms with Crippen LogP contribution in [-0.2, 0) is 0 Å². The monoisotopic (exact) mass is 344 g/mol. The van der Waals surface area contributed by atoms with Gasteiger partial charge in [-0.2, -0.15) is 0 Å². The molecule has 2 aromatic rings. The topological polar surface area (TPSA) is 52.9 Å². The smallest absolute Gasteiger partial charge is 0.258 e.